The predicted molar refractivity (Wildman–Crippen MR) is 104 cm³/mol. The molecule has 1 amide bonds. The van der Waals surface area contributed by atoms with Crippen LogP contribution in [0.4, 0.5) is 5.69 Å². The van der Waals surface area contributed by atoms with E-state index in [1.807, 2.05) is 48.2 Å². The predicted octanol–water partition coefficient (Wildman–Crippen LogP) is 3.07. The van der Waals surface area contributed by atoms with Crippen LogP contribution in [0.1, 0.15) is 16.7 Å². The van der Waals surface area contributed by atoms with Crippen molar-refractivity contribution < 1.29 is 14.3 Å². The van der Waals surface area contributed by atoms with Crippen LogP contribution in [-0.4, -0.2) is 36.2 Å². The van der Waals surface area contributed by atoms with Crippen LogP contribution in [0.15, 0.2) is 36.4 Å². The molecule has 0 unspecified atom stereocenters. The summed E-state index contributed by atoms with van der Waals surface area (Å²) >= 11 is 5.67. The molecule has 0 aromatic heterocycles. The van der Waals surface area contributed by atoms with E-state index in [0.717, 1.165) is 22.4 Å². The van der Waals surface area contributed by atoms with Crippen LogP contribution >= 0.6 is 12.2 Å². The molecule has 2 aromatic rings. The summed E-state index contributed by atoms with van der Waals surface area (Å²) in [6.45, 7) is 2.58. The molecule has 0 saturated carbocycles. The number of benzene rings is 2. The average Bonchev–Trinajstić information content (AvgIpc) is 2.89. The number of ether oxygens (including phenoxy) is 2. The zero-order valence-corrected chi connectivity index (χ0v) is 15.8. The minimum atomic E-state index is -0.271. The number of anilines is 1. The minimum absolute atomic E-state index is 0.0322. The maximum absolute atomic E-state index is 13.1. The molecule has 2 aliphatic heterocycles. The van der Waals surface area contributed by atoms with Crippen molar-refractivity contribution in [2.24, 2.45) is 0 Å². The number of carbonyl (C=O) groups excluding carboxylic acids is 1. The monoisotopic (exact) mass is 368 g/mol. The van der Waals surface area contributed by atoms with E-state index in [0.29, 0.717) is 29.6 Å². The third kappa shape index (κ3) is 2.44. The van der Waals surface area contributed by atoms with Gasteiger partial charge < -0.3 is 14.4 Å². The Bertz CT molecular complexity index is 861. The van der Waals surface area contributed by atoms with E-state index in [9.17, 15) is 4.79 Å². The van der Waals surface area contributed by atoms with E-state index < -0.39 is 0 Å². The highest BCUT2D eigenvalue weighted by molar-refractivity contribution is 7.80. The maximum Gasteiger partial charge on any atom is 0.256 e. The van der Waals surface area contributed by atoms with E-state index in [-0.39, 0.29) is 11.9 Å². The summed E-state index contributed by atoms with van der Waals surface area (Å²) in [6, 6.07) is 11.5. The Morgan fingerprint density at radius 3 is 2.38 bits per heavy atom. The highest BCUT2D eigenvalue weighted by Crippen LogP contribution is 2.38. The number of fused-ring (bicyclic) bond motifs is 2. The molecule has 1 saturated heterocycles. The summed E-state index contributed by atoms with van der Waals surface area (Å²) in [6.07, 6.45) is 0.608. The Hall–Kier alpha value is -2.60. The maximum atomic E-state index is 13.1. The van der Waals surface area contributed by atoms with Gasteiger partial charge in [-0.15, -0.1) is 0 Å². The smallest absolute Gasteiger partial charge is 0.256 e. The first kappa shape index (κ1) is 16.8. The normalized spacial score (nSPS) is 18.7. The topological polar surface area (TPSA) is 42.0 Å². The van der Waals surface area contributed by atoms with Crippen molar-refractivity contribution in [2.75, 3.05) is 19.1 Å². The molecule has 1 fully saturated rings. The Labute approximate surface area is 158 Å². The van der Waals surface area contributed by atoms with Gasteiger partial charge in [0.25, 0.3) is 5.91 Å². The van der Waals surface area contributed by atoms with Gasteiger partial charge in [0.1, 0.15) is 6.04 Å². The molecule has 134 valence electrons. The van der Waals surface area contributed by atoms with Crippen molar-refractivity contribution in [3.05, 3.63) is 53.1 Å². The summed E-state index contributed by atoms with van der Waals surface area (Å²) in [5.41, 5.74) is 4.10. The Balaban J connectivity index is 1.73. The lowest BCUT2D eigenvalue weighted by Gasteiger charge is -2.31. The summed E-state index contributed by atoms with van der Waals surface area (Å²) in [7, 11) is 3.24. The van der Waals surface area contributed by atoms with Crippen molar-refractivity contribution in [3.63, 3.8) is 0 Å². The SMILES string of the molecule is COc1cc2c(cc1OC)CN1C(=S)N(c3ccccc3C)C(=O)[C@H]1C2. The third-order valence-electron chi connectivity index (χ3n) is 5.13. The second-order valence-electron chi connectivity index (χ2n) is 6.57. The zero-order valence-electron chi connectivity index (χ0n) is 15.0. The second kappa shape index (κ2) is 6.29. The molecule has 4 rings (SSSR count). The number of methoxy groups -OCH3 is 2. The summed E-state index contributed by atoms with van der Waals surface area (Å²) < 4.78 is 10.8. The lowest BCUT2D eigenvalue weighted by atomic mass is 9.94. The third-order valence-corrected chi connectivity index (χ3v) is 5.55. The van der Waals surface area contributed by atoms with Gasteiger partial charge in [0.15, 0.2) is 16.6 Å². The number of amides is 1. The van der Waals surface area contributed by atoms with Gasteiger partial charge in [-0.1, -0.05) is 18.2 Å². The molecular formula is C20H20N2O3S. The molecule has 1 atom stereocenters. The minimum Gasteiger partial charge on any atom is -0.493 e. The molecular weight excluding hydrogens is 348 g/mol. The van der Waals surface area contributed by atoms with Crippen LogP contribution < -0.4 is 14.4 Å². The molecule has 2 aliphatic rings. The molecule has 0 radical (unpaired) electrons. The Kier molecular flexibility index (Phi) is 4.07. The van der Waals surface area contributed by atoms with Gasteiger partial charge in [0, 0.05) is 13.0 Å². The number of thiocarbonyl (C=S) groups is 1. The molecule has 0 aliphatic carbocycles. The Morgan fingerprint density at radius 1 is 1.08 bits per heavy atom. The van der Waals surface area contributed by atoms with Crippen molar-refractivity contribution in [2.45, 2.75) is 25.9 Å². The molecule has 0 bridgehead atoms. The number of hydrogen-bond acceptors (Lipinski definition) is 4. The fourth-order valence-electron chi connectivity index (χ4n) is 3.74. The van der Waals surface area contributed by atoms with Crippen molar-refractivity contribution in [1.82, 2.24) is 4.90 Å². The van der Waals surface area contributed by atoms with Gasteiger partial charge in [-0.2, -0.15) is 0 Å². The lowest BCUT2D eigenvalue weighted by Crippen LogP contribution is -2.40. The number of hydrogen-bond donors (Lipinski definition) is 0. The van der Waals surface area contributed by atoms with Gasteiger partial charge >= 0.3 is 0 Å². The van der Waals surface area contributed by atoms with Crippen molar-refractivity contribution >= 4 is 28.9 Å². The number of para-hydroxylation sites is 1. The number of aryl methyl sites for hydroxylation is 1. The summed E-state index contributed by atoms with van der Waals surface area (Å²) in [4.78, 5) is 16.8. The molecule has 5 nitrogen and oxygen atoms in total. The first-order valence-corrected chi connectivity index (χ1v) is 8.90. The quantitative estimate of drug-likeness (QED) is 0.779. The van der Waals surface area contributed by atoms with E-state index in [1.165, 1.54) is 0 Å². The van der Waals surface area contributed by atoms with Crippen LogP contribution in [0.5, 0.6) is 11.5 Å². The van der Waals surface area contributed by atoms with Crippen LogP contribution in [0.25, 0.3) is 0 Å². The number of carbonyl (C=O) groups is 1. The van der Waals surface area contributed by atoms with E-state index in [1.54, 1.807) is 19.1 Å². The van der Waals surface area contributed by atoms with Gasteiger partial charge in [-0.3, -0.25) is 9.69 Å². The van der Waals surface area contributed by atoms with Crippen LogP contribution in [0.3, 0.4) is 0 Å². The first-order valence-electron chi connectivity index (χ1n) is 8.49. The molecule has 0 N–H and O–H groups in total. The van der Waals surface area contributed by atoms with Gasteiger partial charge in [0.05, 0.1) is 19.9 Å². The van der Waals surface area contributed by atoms with Crippen molar-refractivity contribution in [1.29, 1.82) is 0 Å². The molecule has 6 heteroatoms. The number of nitrogens with zero attached hydrogens (tertiary/aromatic N) is 2. The zero-order chi connectivity index (χ0) is 18.4. The second-order valence-corrected chi connectivity index (χ2v) is 6.93. The van der Waals surface area contributed by atoms with Crippen LogP contribution in [0.2, 0.25) is 0 Å². The van der Waals surface area contributed by atoms with E-state index >= 15 is 0 Å². The van der Waals surface area contributed by atoms with Crippen molar-refractivity contribution in [3.8, 4) is 11.5 Å². The highest BCUT2D eigenvalue weighted by atomic mass is 32.1. The van der Waals surface area contributed by atoms with Crippen LogP contribution in [-0.2, 0) is 17.8 Å². The fourth-order valence-corrected chi connectivity index (χ4v) is 4.12. The van der Waals surface area contributed by atoms with E-state index in [2.05, 4.69) is 0 Å². The lowest BCUT2D eigenvalue weighted by molar-refractivity contribution is -0.120. The van der Waals surface area contributed by atoms with Gasteiger partial charge in [0.2, 0.25) is 0 Å². The first-order chi connectivity index (χ1) is 12.5. The molecule has 0 spiro atoms. The molecule has 26 heavy (non-hydrogen) atoms. The summed E-state index contributed by atoms with van der Waals surface area (Å²) in [5, 5.41) is 0.565. The molecule has 2 aromatic carbocycles. The Morgan fingerprint density at radius 2 is 1.73 bits per heavy atom. The fraction of sp³-hybridized carbons (Fsp3) is 0.300. The number of rotatable bonds is 3. The summed E-state index contributed by atoms with van der Waals surface area (Å²) in [5.74, 6) is 1.41. The average molecular weight is 368 g/mol. The van der Waals surface area contributed by atoms with Gasteiger partial charge in [-0.25, -0.2) is 0 Å². The highest BCUT2D eigenvalue weighted by Gasteiger charge is 2.46. The van der Waals surface area contributed by atoms with E-state index in [4.69, 9.17) is 21.7 Å². The standard InChI is InChI=1S/C20H20N2O3S/c1-12-6-4-5-7-15(12)22-19(23)16-8-13-9-17(24-2)18(25-3)10-14(13)11-21(16)20(22)26/h4-7,9-10,16H,8,11H2,1-3H3/t16-/m1/s1. The largest absolute Gasteiger partial charge is 0.493 e. The van der Waals surface area contributed by atoms with Crippen LogP contribution in [0, 0.1) is 6.92 Å². The molecule has 2 heterocycles. The van der Waals surface area contributed by atoms with Gasteiger partial charge in [-0.05, 0) is 54.0 Å².